The Morgan fingerprint density at radius 3 is 2.40 bits per heavy atom. The molecule has 2 aliphatic rings. The zero-order valence-electron chi connectivity index (χ0n) is 9.58. The lowest BCUT2D eigenvalue weighted by atomic mass is 10.0. The Bertz CT molecular complexity index is 244. The molecule has 2 rings (SSSR count). The van der Waals surface area contributed by atoms with Gasteiger partial charge in [-0.25, -0.2) is 0 Å². The number of carbonyl (C=O) groups is 1. The van der Waals surface area contributed by atoms with Crippen molar-refractivity contribution in [3.8, 4) is 0 Å². The number of rotatable bonds is 4. The molecular weight excluding hydrogens is 210 g/mol. The van der Waals surface area contributed by atoms with E-state index in [1.807, 2.05) is 4.90 Å². The minimum atomic E-state index is 0.285. The highest BCUT2D eigenvalue weighted by Gasteiger charge is 2.48. The van der Waals surface area contributed by atoms with Crippen molar-refractivity contribution in [2.45, 2.75) is 39.2 Å². The second-order valence-corrected chi connectivity index (χ2v) is 5.62. The molecule has 2 aliphatic carbocycles. The molecule has 2 fully saturated rings. The van der Waals surface area contributed by atoms with Gasteiger partial charge in [-0.2, -0.15) is 0 Å². The molecule has 0 radical (unpaired) electrons. The average molecular weight is 230 g/mol. The van der Waals surface area contributed by atoms with E-state index in [4.69, 9.17) is 11.6 Å². The zero-order chi connectivity index (χ0) is 11.0. The highest BCUT2D eigenvalue weighted by Crippen LogP contribution is 2.54. The summed E-state index contributed by atoms with van der Waals surface area (Å²) < 4.78 is 0. The van der Waals surface area contributed by atoms with Crippen LogP contribution in [-0.4, -0.2) is 29.3 Å². The first kappa shape index (κ1) is 11.3. The summed E-state index contributed by atoms with van der Waals surface area (Å²) in [7, 11) is 0. The first-order valence-electron chi connectivity index (χ1n) is 6.00. The molecule has 0 N–H and O–H groups in total. The molecule has 3 heteroatoms. The van der Waals surface area contributed by atoms with Crippen molar-refractivity contribution in [3.05, 3.63) is 0 Å². The first-order chi connectivity index (χ1) is 7.13. The molecule has 0 aromatic heterocycles. The maximum absolute atomic E-state index is 12.2. The van der Waals surface area contributed by atoms with Crippen LogP contribution in [0.5, 0.6) is 0 Å². The van der Waals surface area contributed by atoms with E-state index in [0.717, 1.165) is 24.7 Å². The molecule has 15 heavy (non-hydrogen) atoms. The molecule has 0 bridgehead atoms. The van der Waals surface area contributed by atoms with Gasteiger partial charge in [0.15, 0.2) is 0 Å². The van der Waals surface area contributed by atoms with Crippen molar-refractivity contribution in [2.24, 2.45) is 17.8 Å². The number of nitrogens with zero attached hydrogens (tertiary/aromatic N) is 1. The highest BCUT2D eigenvalue weighted by atomic mass is 35.5. The van der Waals surface area contributed by atoms with Crippen LogP contribution >= 0.6 is 11.6 Å². The number of halogens is 1. The second-order valence-electron chi connectivity index (χ2n) is 5.24. The summed E-state index contributed by atoms with van der Waals surface area (Å²) >= 11 is 5.73. The van der Waals surface area contributed by atoms with Gasteiger partial charge >= 0.3 is 0 Å². The molecule has 2 unspecified atom stereocenters. The standard InChI is InChI=1S/C12H20ClNO/c1-8(2)14(4-3-13)12(15)11-6-9-5-10(9)7-11/h8-11H,3-7H2,1-2H3. The molecule has 0 spiro atoms. The lowest BCUT2D eigenvalue weighted by molar-refractivity contribution is -0.137. The Hall–Kier alpha value is -0.240. The van der Waals surface area contributed by atoms with Crippen LogP contribution in [0.2, 0.25) is 0 Å². The second kappa shape index (κ2) is 4.32. The van der Waals surface area contributed by atoms with Crippen LogP contribution in [0.15, 0.2) is 0 Å². The summed E-state index contributed by atoms with van der Waals surface area (Å²) in [6.45, 7) is 4.84. The molecule has 2 nitrogen and oxygen atoms in total. The van der Waals surface area contributed by atoms with Crippen molar-refractivity contribution >= 4 is 17.5 Å². The van der Waals surface area contributed by atoms with Crippen LogP contribution in [0.25, 0.3) is 0 Å². The van der Waals surface area contributed by atoms with Gasteiger partial charge in [0, 0.05) is 24.4 Å². The van der Waals surface area contributed by atoms with Gasteiger partial charge < -0.3 is 4.90 Å². The summed E-state index contributed by atoms with van der Waals surface area (Å²) in [4.78, 5) is 14.2. The molecule has 2 atom stereocenters. The fraction of sp³-hybridized carbons (Fsp3) is 0.917. The minimum absolute atomic E-state index is 0.285. The molecule has 0 heterocycles. The molecule has 0 aromatic carbocycles. The van der Waals surface area contributed by atoms with Crippen LogP contribution in [0.3, 0.4) is 0 Å². The van der Waals surface area contributed by atoms with Crippen LogP contribution in [0, 0.1) is 17.8 Å². The van der Waals surface area contributed by atoms with E-state index in [1.165, 1.54) is 6.42 Å². The number of amides is 1. The van der Waals surface area contributed by atoms with Crippen LogP contribution in [0.1, 0.15) is 33.1 Å². The zero-order valence-corrected chi connectivity index (χ0v) is 10.3. The smallest absolute Gasteiger partial charge is 0.225 e. The van der Waals surface area contributed by atoms with Crippen molar-refractivity contribution in [2.75, 3.05) is 12.4 Å². The van der Waals surface area contributed by atoms with E-state index in [2.05, 4.69) is 13.8 Å². The summed E-state index contributed by atoms with van der Waals surface area (Å²) in [6, 6.07) is 0.285. The molecule has 2 saturated carbocycles. The topological polar surface area (TPSA) is 20.3 Å². The van der Waals surface area contributed by atoms with Gasteiger partial charge in [0.05, 0.1) is 0 Å². The van der Waals surface area contributed by atoms with Crippen LogP contribution in [0.4, 0.5) is 0 Å². The summed E-state index contributed by atoms with van der Waals surface area (Å²) in [5, 5.41) is 0. The van der Waals surface area contributed by atoms with E-state index in [-0.39, 0.29) is 6.04 Å². The van der Waals surface area contributed by atoms with Gasteiger partial charge in [-0.3, -0.25) is 4.79 Å². The molecule has 1 amide bonds. The molecule has 0 saturated heterocycles. The van der Waals surface area contributed by atoms with Gasteiger partial charge in [0.2, 0.25) is 5.91 Å². The number of carbonyl (C=O) groups excluding carboxylic acids is 1. The average Bonchev–Trinajstić information content (AvgIpc) is 2.81. The third-order valence-electron chi connectivity index (χ3n) is 3.82. The monoisotopic (exact) mass is 229 g/mol. The van der Waals surface area contributed by atoms with E-state index in [9.17, 15) is 4.79 Å². The number of alkyl halides is 1. The minimum Gasteiger partial charge on any atom is -0.339 e. The predicted molar refractivity (Wildman–Crippen MR) is 61.9 cm³/mol. The fourth-order valence-corrected chi connectivity index (χ4v) is 3.05. The van der Waals surface area contributed by atoms with Crippen molar-refractivity contribution in [1.29, 1.82) is 0 Å². The predicted octanol–water partition coefficient (Wildman–Crippen LogP) is 2.51. The van der Waals surface area contributed by atoms with Gasteiger partial charge in [0.1, 0.15) is 0 Å². The highest BCUT2D eigenvalue weighted by molar-refractivity contribution is 6.18. The Kier molecular flexibility index (Phi) is 3.24. The Morgan fingerprint density at radius 2 is 1.93 bits per heavy atom. The van der Waals surface area contributed by atoms with E-state index >= 15 is 0 Å². The summed E-state index contributed by atoms with van der Waals surface area (Å²) in [6.07, 6.45) is 3.64. The third kappa shape index (κ3) is 2.30. The maximum atomic E-state index is 12.2. The van der Waals surface area contributed by atoms with Crippen molar-refractivity contribution in [3.63, 3.8) is 0 Å². The molecule has 0 aliphatic heterocycles. The largest absolute Gasteiger partial charge is 0.339 e. The lowest BCUT2D eigenvalue weighted by Crippen LogP contribution is -2.41. The van der Waals surface area contributed by atoms with E-state index in [0.29, 0.717) is 24.2 Å². The Morgan fingerprint density at radius 1 is 1.33 bits per heavy atom. The fourth-order valence-electron chi connectivity index (χ4n) is 2.86. The maximum Gasteiger partial charge on any atom is 0.225 e. The van der Waals surface area contributed by atoms with Gasteiger partial charge in [-0.1, -0.05) is 0 Å². The number of hydrogen-bond donors (Lipinski definition) is 0. The van der Waals surface area contributed by atoms with Gasteiger partial charge in [-0.15, -0.1) is 11.6 Å². The van der Waals surface area contributed by atoms with E-state index < -0.39 is 0 Å². The third-order valence-corrected chi connectivity index (χ3v) is 3.99. The van der Waals surface area contributed by atoms with Gasteiger partial charge in [-0.05, 0) is 44.9 Å². The molecule has 86 valence electrons. The number of fused-ring (bicyclic) bond motifs is 1. The first-order valence-corrected chi connectivity index (χ1v) is 6.53. The van der Waals surface area contributed by atoms with Crippen LogP contribution < -0.4 is 0 Å². The normalized spacial score (nSPS) is 32.9. The Labute approximate surface area is 97.0 Å². The van der Waals surface area contributed by atoms with Crippen molar-refractivity contribution < 1.29 is 4.79 Å². The Balaban J connectivity index is 1.91. The number of hydrogen-bond acceptors (Lipinski definition) is 1. The van der Waals surface area contributed by atoms with Gasteiger partial charge in [0.25, 0.3) is 0 Å². The van der Waals surface area contributed by atoms with Crippen LogP contribution in [-0.2, 0) is 4.79 Å². The quantitative estimate of drug-likeness (QED) is 0.679. The van der Waals surface area contributed by atoms with Crippen molar-refractivity contribution in [1.82, 2.24) is 4.90 Å². The summed E-state index contributed by atoms with van der Waals surface area (Å²) in [5.41, 5.74) is 0. The summed E-state index contributed by atoms with van der Waals surface area (Å²) in [5.74, 6) is 2.95. The SMILES string of the molecule is CC(C)N(CCCl)C(=O)C1CC2CC2C1. The molecule has 0 aromatic rings. The molecular formula is C12H20ClNO. The van der Waals surface area contributed by atoms with E-state index in [1.54, 1.807) is 0 Å². The lowest BCUT2D eigenvalue weighted by Gasteiger charge is -2.29.